The van der Waals surface area contributed by atoms with Crippen LogP contribution in [0.2, 0.25) is 0 Å². The Hall–Kier alpha value is -1.36. The molecule has 1 heterocycles. The van der Waals surface area contributed by atoms with Crippen LogP contribution in [0.4, 0.5) is 4.79 Å². The number of morpholine rings is 1. The molecule has 0 N–H and O–H groups in total. The van der Waals surface area contributed by atoms with Crippen molar-refractivity contribution >= 4 is 12.0 Å². The summed E-state index contributed by atoms with van der Waals surface area (Å²) in [6.07, 6.45) is 2.68. The van der Waals surface area contributed by atoms with Crippen LogP contribution in [0.15, 0.2) is 12.7 Å². The minimum atomic E-state index is -0.602. The molecule has 1 spiro atoms. The minimum absolute atomic E-state index is 0.0246. The first-order valence-electron chi connectivity index (χ1n) is 4.89. The molecular formula is C10H13NO4. The summed E-state index contributed by atoms with van der Waals surface area (Å²) in [5.41, 5.74) is -0.263. The molecule has 5 nitrogen and oxygen atoms in total. The van der Waals surface area contributed by atoms with E-state index in [0.29, 0.717) is 6.54 Å². The number of carbonyl (C=O) groups excluding carboxylic acids is 2. The molecule has 2 aliphatic rings. The summed E-state index contributed by atoms with van der Waals surface area (Å²) < 4.78 is 10.2. The Morgan fingerprint density at radius 1 is 1.67 bits per heavy atom. The topological polar surface area (TPSA) is 55.8 Å². The summed E-state index contributed by atoms with van der Waals surface area (Å²) in [7, 11) is 0. The SMILES string of the molecule is C=CCOC(=O)N1CC2(CC2)OCC1=O. The second-order valence-corrected chi connectivity index (χ2v) is 3.82. The molecule has 1 aliphatic carbocycles. The molecule has 0 unspecified atom stereocenters. The van der Waals surface area contributed by atoms with Gasteiger partial charge in [0.25, 0.3) is 5.91 Å². The Kier molecular flexibility index (Phi) is 2.48. The van der Waals surface area contributed by atoms with E-state index in [1.54, 1.807) is 0 Å². The maximum absolute atomic E-state index is 11.5. The molecule has 0 aromatic carbocycles. The first kappa shape index (κ1) is 10.2. The van der Waals surface area contributed by atoms with Crippen molar-refractivity contribution in [2.24, 2.45) is 0 Å². The normalized spacial score (nSPS) is 22.7. The minimum Gasteiger partial charge on any atom is -0.445 e. The Balaban J connectivity index is 1.96. The van der Waals surface area contributed by atoms with Gasteiger partial charge in [-0.3, -0.25) is 4.79 Å². The van der Waals surface area contributed by atoms with Crippen molar-refractivity contribution in [1.29, 1.82) is 0 Å². The maximum atomic E-state index is 11.5. The molecule has 0 atom stereocenters. The van der Waals surface area contributed by atoms with Crippen LogP contribution in [-0.2, 0) is 14.3 Å². The zero-order valence-corrected chi connectivity index (χ0v) is 8.40. The lowest BCUT2D eigenvalue weighted by Gasteiger charge is -2.30. The highest BCUT2D eigenvalue weighted by molar-refractivity contribution is 5.93. The summed E-state index contributed by atoms with van der Waals surface area (Å²) in [6.45, 7) is 3.85. The average Bonchev–Trinajstić information content (AvgIpc) is 2.99. The third-order valence-electron chi connectivity index (χ3n) is 2.60. The van der Waals surface area contributed by atoms with Crippen LogP contribution in [0, 0.1) is 0 Å². The van der Waals surface area contributed by atoms with Crippen molar-refractivity contribution in [3.8, 4) is 0 Å². The Labute approximate surface area is 87.6 Å². The highest BCUT2D eigenvalue weighted by atomic mass is 16.6. The lowest BCUT2D eigenvalue weighted by Crippen LogP contribution is -2.50. The van der Waals surface area contributed by atoms with Gasteiger partial charge in [-0.25, -0.2) is 9.69 Å². The quantitative estimate of drug-likeness (QED) is 0.631. The number of hydrogen-bond donors (Lipinski definition) is 0. The molecule has 2 fully saturated rings. The number of imide groups is 1. The fourth-order valence-electron chi connectivity index (χ4n) is 1.53. The van der Waals surface area contributed by atoms with E-state index in [-0.39, 0.29) is 24.7 Å². The molecule has 15 heavy (non-hydrogen) atoms. The van der Waals surface area contributed by atoms with Crippen molar-refractivity contribution in [1.82, 2.24) is 4.90 Å². The van der Waals surface area contributed by atoms with E-state index < -0.39 is 6.09 Å². The van der Waals surface area contributed by atoms with Gasteiger partial charge >= 0.3 is 6.09 Å². The van der Waals surface area contributed by atoms with Crippen molar-refractivity contribution in [2.45, 2.75) is 18.4 Å². The Bertz CT molecular complexity index is 309. The van der Waals surface area contributed by atoms with Crippen LogP contribution in [0.3, 0.4) is 0 Å². The molecule has 1 aliphatic heterocycles. The first-order valence-corrected chi connectivity index (χ1v) is 4.89. The summed E-state index contributed by atoms with van der Waals surface area (Å²) in [4.78, 5) is 24.0. The van der Waals surface area contributed by atoms with Crippen LogP contribution in [0.25, 0.3) is 0 Å². The van der Waals surface area contributed by atoms with Gasteiger partial charge in [0.1, 0.15) is 13.2 Å². The molecule has 1 saturated heterocycles. The number of amides is 2. The van der Waals surface area contributed by atoms with E-state index in [4.69, 9.17) is 9.47 Å². The predicted molar refractivity (Wildman–Crippen MR) is 51.2 cm³/mol. The summed E-state index contributed by atoms with van der Waals surface area (Å²) in [6, 6.07) is 0. The molecule has 0 aromatic heterocycles. The zero-order chi connectivity index (χ0) is 10.9. The van der Waals surface area contributed by atoms with Gasteiger partial charge in [-0.05, 0) is 12.8 Å². The van der Waals surface area contributed by atoms with Crippen LogP contribution in [0.5, 0.6) is 0 Å². The van der Waals surface area contributed by atoms with Gasteiger partial charge in [-0.1, -0.05) is 12.7 Å². The molecule has 1 saturated carbocycles. The van der Waals surface area contributed by atoms with Gasteiger partial charge in [0.2, 0.25) is 0 Å². The lowest BCUT2D eigenvalue weighted by molar-refractivity contribution is -0.148. The summed E-state index contributed by atoms with van der Waals surface area (Å²) in [5, 5.41) is 0. The Morgan fingerprint density at radius 3 is 3.00 bits per heavy atom. The molecule has 82 valence electrons. The second-order valence-electron chi connectivity index (χ2n) is 3.82. The third kappa shape index (κ3) is 2.02. The van der Waals surface area contributed by atoms with Gasteiger partial charge in [0, 0.05) is 0 Å². The van der Waals surface area contributed by atoms with E-state index >= 15 is 0 Å². The molecule has 0 radical (unpaired) electrons. The number of ether oxygens (including phenoxy) is 2. The van der Waals surface area contributed by atoms with Crippen LogP contribution >= 0.6 is 0 Å². The van der Waals surface area contributed by atoms with Crippen molar-refractivity contribution in [3.05, 3.63) is 12.7 Å². The Morgan fingerprint density at radius 2 is 2.40 bits per heavy atom. The van der Waals surface area contributed by atoms with Gasteiger partial charge in [-0.2, -0.15) is 0 Å². The number of nitrogens with zero attached hydrogens (tertiary/aromatic N) is 1. The maximum Gasteiger partial charge on any atom is 0.417 e. The highest BCUT2D eigenvalue weighted by Gasteiger charge is 2.51. The van der Waals surface area contributed by atoms with Gasteiger partial charge in [0.05, 0.1) is 12.1 Å². The molecular weight excluding hydrogens is 198 g/mol. The summed E-state index contributed by atoms with van der Waals surface area (Å²) in [5.74, 6) is -0.332. The number of carbonyl (C=O) groups is 2. The molecule has 2 rings (SSSR count). The van der Waals surface area contributed by atoms with E-state index in [1.807, 2.05) is 0 Å². The van der Waals surface area contributed by atoms with Gasteiger partial charge < -0.3 is 9.47 Å². The van der Waals surface area contributed by atoms with Gasteiger partial charge in [-0.15, -0.1) is 0 Å². The largest absolute Gasteiger partial charge is 0.445 e. The standard InChI is InChI=1S/C10H13NO4/c1-2-5-14-9(13)11-7-10(3-4-10)15-6-8(11)12/h2H,1,3-7H2. The van der Waals surface area contributed by atoms with Crippen molar-refractivity contribution < 1.29 is 19.1 Å². The first-order chi connectivity index (χ1) is 7.17. The summed E-state index contributed by atoms with van der Waals surface area (Å²) >= 11 is 0. The van der Waals surface area contributed by atoms with Crippen molar-refractivity contribution in [2.75, 3.05) is 19.8 Å². The molecule has 0 aromatic rings. The van der Waals surface area contributed by atoms with E-state index in [0.717, 1.165) is 17.7 Å². The second kappa shape index (κ2) is 3.66. The fraction of sp³-hybridized carbons (Fsp3) is 0.600. The smallest absolute Gasteiger partial charge is 0.417 e. The van der Waals surface area contributed by atoms with E-state index in [2.05, 4.69) is 6.58 Å². The van der Waals surface area contributed by atoms with Crippen LogP contribution in [0.1, 0.15) is 12.8 Å². The van der Waals surface area contributed by atoms with Gasteiger partial charge in [0.15, 0.2) is 0 Å². The molecule has 0 bridgehead atoms. The average molecular weight is 211 g/mol. The van der Waals surface area contributed by atoms with Crippen molar-refractivity contribution in [3.63, 3.8) is 0 Å². The fourth-order valence-corrected chi connectivity index (χ4v) is 1.53. The monoisotopic (exact) mass is 211 g/mol. The van der Waals surface area contributed by atoms with E-state index in [1.165, 1.54) is 6.08 Å². The number of rotatable bonds is 2. The van der Waals surface area contributed by atoms with Crippen LogP contribution in [-0.4, -0.2) is 42.3 Å². The lowest BCUT2D eigenvalue weighted by atomic mass is 10.2. The van der Waals surface area contributed by atoms with Crippen LogP contribution < -0.4 is 0 Å². The van der Waals surface area contributed by atoms with E-state index in [9.17, 15) is 9.59 Å². The third-order valence-corrected chi connectivity index (χ3v) is 2.60. The number of hydrogen-bond acceptors (Lipinski definition) is 4. The molecule has 5 heteroatoms. The molecule has 2 amide bonds. The highest BCUT2D eigenvalue weighted by Crippen LogP contribution is 2.42. The predicted octanol–water partition coefficient (Wildman–Crippen LogP) is 0.700. The zero-order valence-electron chi connectivity index (χ0n) is 8.40.